The molecule has 0 aliphatic heterocycles. The number of rotatable bonds is 14. The normalized spacial score (nSPS) is 9.96. The van der Waals surface area contributed by atoms with E-state index in [9.17, 15) is 9.59 Å². The third-order valence-electron chi connectivity index (χ3n) is 3.61. The lowest BCUT2D eigenvalue weighted by Gasteiger charge is -2.06. The van der Waals surface area contributed by atoms with Crippen LogP contribution in [0.1, 0.15) is 85.0 Å². The molecule has 0 aromatic heterocycles. The van der Waals surface area contributed by atoms with Crippen molar-refractivity contribution in [3.05, 3.63) is 17.4 Å². The highest BCUT2D eigenvalue weighted by atomic mass is 16.5. The molecule has 24 heavy (non-hydrogen) atoms. The summed E-state index contributed by atoms with van der Waals surface area (Å²) in [7, 11) is 0. The van der Waals surface area contributed by atoms with Gasteiger partial charge in [0, 0.05) is 0 Å². The van der Waals surface area contributed by atoms with E-state index in [2.05, 4.69) is 12.7 Å². The average molecular weight is 338 g/mol. The minimum absolute atomic E-state index is 0.364. The quantitative estimate of drug-likeness (QED) is 0.191. The number of hydrogen-bond donors (Lipinski definition) is 0. The van der Waals surface area contributed by atoms with E-state index in [-0.39, 0.29) is 5.97 Å². The lowest BCUT2D eigenvalue weighted by molar-refractivity contribution is -0.139. The van der Waals surface area contributed by atoms with Crippen LogP contribution in [-0.2, 0) is 19.1 Å². The molecule has 0 radical (unpaired) electrons. The first kappa shape index (κ1) is 22.5. The summed E-state index contributed by atoms with van der Waals surface area (Å²) < 4.78 is 10.3. The van der Waals surface area contributed by atoms with Crippen LogP contribution in [0.3, 0.4) is 0 Å². The lowest BCUT2D eigenvalue weighted by Crippen LogP contribution is -2.09. The zero-order valence-corrected chi connectivity index (χ0v) is 15.7. The van der Waals surface area contributed by atoms with Gasteiger partial charge in [0.15, 0.2) is 0 Å². The first-order valence-corrected chi connectivity index (χ1v) is 9.45. The summed E-state index contributed by atoms with van der Waals surface area (Å²) in [5.74, 6) is -0.815. The predicted molar refractivity (Wildman–Crippen MR) is 96.7 cm³/mol. The van der Waals surface area contributed by atoms with Crippen molar-refractivity contribution < 1.29 is 19.1 Å². The van der Waals surface area contributed by atoms with Gasteiger partial charge < -0.3 is 9.47 Å². The van der Waals surface area contributed by atoms with Crippen molar-refractivity contribution in [2.24, 2.45) is 0 Å². The molecule has 0 amide bonds. The van der Waals surface area contributed by atoms with Crippen LogP contribution < -0.4 is 0 Å². The van der Waals surface area contributed by atoms with Crippen molar-refractivity contribution in [1.29, 1.82) is 0 Å². The third-order valence-corrected chi connectivity index (χ3v) is 3.61. The van der Waals surface area contributed by atoms with Gasteiger partial charge in [0.2, 0.25) is 0 Å². The van der Waals surface area contributed by atoms with E-state index in [0.29, 0.717) is 25.2 Å². The summed E-state index contributed by atoms with van der Waals surface area (Å²) in [5, 5.41) is 0. The second-order valence-corrected chi connectivity index (χ2v) is 5.94. The van der Waals surface area contributed by atoms with Crippen LogP contribution in [0.4, 0.5) is 0 Å². The molecule has 4 heteroatoms. The van der Waals surface area contributed by atoms with Gasteiger partial charge in [-0.2, -0.15) is 0 Å². The molecule has 0 bridgehead atoms. The standard InChI is InChI=1S/C20H34O4/c1-4-7-10-11-12-13-18(20(22)24-17-9-6-3)14-15-19(21)23-16-8-5-2/h15H,4-13,16-17H2,1-3H3. The largest absolute Gasteiger partial charge is 0.462 e. The Kier molecular flexibility index (Phi) is 15.3. The van der Waals surface area contributed by atoms with Crippen LogP contribution >= 0.6 is 0 Å². The molecule has 0 rings (SSSR count). The van der Waals surface area contributed by atoms with Crippen molar-refractivity contribution in [3.63, 3.8) is 0 Å². The molecule has 0 heterocycles. The SMILES string of the molecule is CCCCCCCC(=C=CC(=O)OCCCC)C(=O)OCCCC. The fourth-order valence-corrected chi connectivity index (χ4v) is 2.04. The van der Waals surface area contributed by atoms with E-state index in [1.165, 1.54) is 18.9 Å². The van der Waals surface area contributed by atoms with Crippen LogP contribution in [0.15, 0.2) is 17.4 Å². The average Bonchev–Trinajstić information content (AvgIpc) is 2.57. The molecule has 0 aliphatic carbocycles. The van der Waals surface area contributed by atoms with Gasteiger partial charge in [-0.05, 0) is 25.7 Å². The van der Waals surface area contributed by atoms with Gasteiger partial charge in [-0.1, -0.05) is 59.3 Å². The molecule has 0 atom stereocenters. The molecular weight excluding hydrogens is 304 g/mol. The molecule has 0 N–H and O–H groups in total. The molecule has 138 valence electrons. The highest BCUT2D eigenvalue weighted by Gasteiger charge is 2.10. The first-order chi connectivity index (χ1) is 11.7. The van der Waals surface area contributed by atoms with Crippen LogP contribution in [0.5, 0.6) is 0 Å². The lowest BCUT2D eigenvalue weighted by atomic mass is 10.1. The highest BCUT2D eigenvalue weighted by Crippen LogP contribution is 2.12. The van der Waals surface area contributed by atoms with E-state index in [1.54, 1.807) is 0 Å². The van der Waals surface area contributed by atoms with Crippen LogP contribution in [0.2, 0.25) is 0 Å². The molecule has 0 saturated carbocycles. The molecule has 0 saturated heterocycles. The zero-order chi connectivity index (χ0) is 18.0. The van der Waals surface area contributed by atoms with Gasteiger partial charge >= 0.3 is 11.9 Å². The Balaban J connectivity index is 4.60. The fraction of sp³-hybridized carbons (Fsp3) is 0.750. The summed E-state index contributed by atoms with van der Waals surface area (Å²) in [5.41, 5.74) is 3.25. The minimum Gasteiger partial charge on any atom is -0.462 e. The second-order valence-electron chi connectivity index (χ2n) is 5.94. The van der Waals surface area contributed by atoms with Gasteiger partial charge in [0.05, 0.1) is 24.9 Å². The second kappa shape index (κ2) is 16.3. The first-order valence-electron chi connectivity index (χ1n) is 9.45. The Morgan fingerprint density at radius 2 is 1.38 bits per heavy atom. The number of carbonyl (C=O) groups is 2. The summed E-state index contributed by atoms with van der Waals surface area (Å²) >= 11 is 0. The molecular formula is C20H34O4. The summed E-state index contributed by atoms with van der Waals surface area (Å²) in [6.07, 6.45) is 11.0. The third kappa shape index (κ3) is 13.0. The van der Waals surface area contributed by atoms with Crippen molar-refractivity contribution >= 4 is 11.9 Å². The van der Waals surface area contributed by atoms with Crippen molar-refractivity contribution in [1.82, 2.24) is 0 Å². The number of hydrogen-bond acceptors (Lipinski definition) is 4. The zero-order valence-electron chi connectivity index (χ0n) is 15.7. The molecule has 0 aliphatic rings. The van der Waals surface area contributed by atoms with Crippen molar-refractivity contribution in [2.75, 3.05) is 13.2 Å². The van der Waals surface area contributed by atoms with E-state index in [0.717, 1.165) is 44.9 Å². The monoisotopic (exact) mass is 338 g/mol. The predicted octanol–water partition coefficient (Wildman–Crippen LogP) is 5.12. The number of ether oxygens (including phenoxy) is 2. The maximum atomic E-state index is 12.1. The van der Waals surface area contributed by atoms with Gasteiger partial charge in [0.1, 0.15) is 0 Å². The van der Waals surface area contributed by atoms with Crippen LogP contribution in [0.25, 0.3) is 0 Å². The van der Waals surface area contributed by atoms with Crippen LogP contribution in [-0.4, -0.2) is 25.2 Å². The van der Waals surface area contributed by atoms with Crippen LogP contribution in [0, 0.1) is 0 Å². The Morgan fingerprint density at radius 3 is 2.00 bits per heavy atom. The van der Waals surface area contributed by atoms with Gasteiger partial charge in [-0.3, -0.25) is 0 Å². The van der Waals surface area contributed by atoms with Gasteiger partial charge in [-0.25, -0.2) is 9.59 Å². The topological polar surface area (TPSA) is 52.6 Å². The molecule has 4 nitrogen and oxygen atoms in total. The Morgan fingerprint density at radius 1 is 0.792 bits per heavy atom. The highest BCUT2D eigenvalue weighted by molar-refractivity contribution is 5.90. The van der Waals surface area contributed by atoms with E-state index >= 15 is 0 Å². The van der Waals surface area contributed by atoms with Gasteiger partial charge in [-0.15, -0.1) is 5.73 Å². The molecule has 0 spiro atoms. The Hall–Kier alpha value is -1.54. The van der Waals surface area contributed by atoms with E-state index in [1.807, 2.05) is 13.8 Å². The summed E-state index contributed by atoms with van der Waals surface area (Å²) in [6, 6.07) is 0. The molecule has 0 aromatic rings. The summed E-state index contributed by atoms with van der Waals surface area (Å²) in [4.78, 5) is 23.7. The fourth-order valence-electron chi connectivity index (χ4n) is 2.04. The smallest absolute Gasteiger partial charge is 0.341 e. The molecule has 0 aromatic carbocycles. The minimum atomic E-state index is -0.451. The summed E-state index contributed by atoms with van der Waals surface area (Å²) in [6.45, 7) is 7.07. The van der Waals surface area contributed by atoms with E-state index in [4.69, 9.17) is 9.47 Å². The maximum Gasteiger partial charge on any atom is 0.341 e. The van der Waals surface area contributed by atoms with Crippen molar-refractivity contribution in [3.8, 4) is 0 Å². The molecule has 0 fully saturated rings. The van der Waals surface area contributed by atoms with Gasteiger partial charge in [0.25, 0.3) is 0 Å². The Bertz CT molecular complexity index is 406. The Labute approximate surface area is 147 Å². The van der Waals surface area contributed by atoms with E-state index < -0.39 is 5.97 Å². The number of esters is 2. The maximum absolute atomic E-state index is 12.1. The molecule has 0 unspecified atom stereocenters. The number of unbranched alkanes of at least 4 members (excludes halogenated alkanes) is 6. The van der Waals surface area contributed by atoms with Crippen molar-refractivity contribution in [2.45, 2.75) is 85.0 Å². The number of carbonyl (C=O) groups excluding carboxylic acids is 2.